The second-order valence-electron chi connectivity index (χ2n) is 6.30. The predicted molar refractivity (Wildman–Crippen MR) is 120 cm³/mol. The van der Waals surface area contributed by atoms with Crippen LogP contribution in [0.5, 0.6) is 0 Å². The summed E-state index contributed by atoms with van der Waals surface area (Å²) >= 11 is 4.72. The van der Waals surface area contributed by atoms with E-state index in [-0.39, 0.29) is 0 Å². The highest BCUT2D eigenvalue weighted by molar-refractivity contribution is 9.10. The number of nitrogens with zero attached hydrogens (tertiary/aromatic N) is 2. The summed E-state index contributed by atoms with van der Waals surface area (Å²) in [7, 11) is 0. The van der Waals surface area contributed by atoms with Crippen LogP contribution in [0.15, 0.2) is 73.8 Å². The van der Waals surface area contributed by atoms with E-state index in [2.05, 4.69) is 32.3 Å². The van der Waals surface area contributed by atoms with Gasteiger partial charge in [-0.2, -0.15) is 5.26 Å². The Morgan fingerprint density at radius 3 is 2.90 bits per heavy atom. The molecule has 2 heterocycles. The Morgan fingerprint density at radius 1 is 1.28 bits per heavy atom. The summed E-state index contributed by atoms with van der Waals surface area (Å²) in [6, 6.07) is 17.2. The van der Waals surface area contributed by atoms with E-state index in [9.17, 15) is 10.1 Å². The molecule has 0 atom stereocenters. The van der Waals surface area contributed by atoms with Crippen molar-refractivity contribution in [3.05, 3.63) is 85.6 Å². The minimum atomic E-state index is -0.461. The first-order chi connectivity index (χ1) is 14.0. The Labute approximate surface area is 179 Å². The molecule has 29 heavy (non-hydrogen) atoms. The monoisotopic (exact) mass is 463 g/mol. The molecular weight excluding hydrogens is 450 g/mol. The summed E-state index contributed by atoms with van der Waals surface area (Å²) in [5.74, 6) is 0. The van der Waals surface area contributed by atoms with Crippen molar-refractivity contribution in [3.63, 3.8) is 0 Å². The van der Waals surface area contributed by atoms with E-state index >= 15 is 0 Å². The van der Waals surface area contributed by atoms with Crippen molar-refractivity contribution in [2.24, 2.45) is 0 Å². The molecule has 0 radical (unpaired) electrons. The lowest BCUT2D eigenvalue weighted by Gasteiger charge is -2.04. The summed E-state index contributed by atoms with van der Waals surface area (Å²) < 4.78 is 6.30. The van der Waals surface area contributed by atoms with Gasteiger partial charge in [-0.05, 0) is 42.8 Å². The van der Waals surface area contributed by atoms with Gasteiger partial charge in [-0.25, -0.2) is 9.78 Å². The van der Waals surface area contributed by atoms with Crippen LogP contribution in [0.25, 0.3) is 27.8 Å². The predicted octanol–water partition coefficient (Wildman–Crippen LogP) is 5.96. The van der Waals surface area contributed by atoms with Crippen LogP contribution in [0.1, 0.15) is 10.6 Å². The lowest BCUT2D eigenvalue weighted by molar-refractivity contribution is 0.563. The molecule has 142 valence electrons. The number of hydrogen-bond donors (Lipinski definition) is 1. The number of benzene rings is 2. The van der Waals surface area contributed by atoms with Gasteiger partial charge in [0, 0.05) is 27.1 Å². The van der Waals surface area contributed by atoms with Gasteiger partial charge in [-0.15, -0.1) is 11.3 Å². The molecule has 2 aromatic heterocycles. The Hall–Kier alpha value is -3.21. The number of nitriles is 1. The minimum absolute atomic E-state index is 0.363. The minimum Gasteiger partial charge on any atom is -0.422 e. The molecule has 1 N–H and O–H groups in total. The second-order valence-corrected chi connectivity index (χ2v) is 8.07. The van der Waals surface area contributed by atoms with Crippen molar-refractivity contribution in [2.45, 2.75) is 6.92 Å². The number of nitrogens with one attached hydrogen (secondary N) is 1. The molecule has 4 aromatic rings. The Kier molecular flexibility index (Phi) is 5.30. The number of hydrogen-bond acceptors (Lipinski definition) is 6. The Morgan fingerprint density at radius 2 is 2.10 bits per heavy atom. The average Bonchev–Trinajstić information content (AvgIpc) is 3.19. The van der Waals surface area contributed by atoms with Crippen LogP contribution in [0, 0.1) is 18.3 Å². The summed E-state index contributed by atoms with van der Waals surface area (Å²) in [5.41, 5.74) is 3.27. The Balaban J connectivity index is 1.69. The third-order valence-corrected chi connectivity index (χ3v) is 5.71. The molecule has 0 unspecified atom stereocenters. The quantitative estimate of drug-likeness (QED) is 0.298. The van der Waals surface area contributed by atoms with Crippen molar-refractivity contribution in [3.8, 4) is 17.3 Å². The van der Waals surface area contributed by atoms with Crippen LogP contribution in [-0.2, 0) is 0 Å². The fourth-order valence-electron chi connectivity index (χ4n) is 2.82. The zero-order chi connectivity index (χ0) is 20.4. The normalized spacial score (nSPS) is 11.4. The molecule has 0 aliphatic heterocycles. The van der Waals surface area contributed by atoms with Crippen LogP contribution in [-0.4, -0.2) is 4.98 Å². The Bertz CT molecular complexity index is 1350. The van der Waals surface area contributed by atoms with Gasteiger partial charge in [0.05, 0.1) is 11.3 Å². The highest BCUT2D eigenvalue weighted by Gasteiger charge is 2.14. The molecule has 4 rings (SSSR count). The van der Waals surface area contributed by atoms with Gasteiger partial charge in [0.1, 0.15) is 22.2 Å². The summed E-state index contributed by atoms with van der Waals surface area (Å²) in [6.45, 7) is 1.99. The maximum absolute atomic E-state index is 12.4. The number of aryl methyl sites for hydroxylation is 1. The summed E-state index contributed by atoms with van der Waals surface area (Å²) in [6.07, 6.45) is 1.63. The molecule has 0 bridgehead atoms. The number of aromatic nitrogens is 1. The summed E-state index contributed by atoms with van der Waals surface area (Å²) in [5, 5.41) is 15.8. The first-order valence-electron chi connectivity index (χ1n) is 8.67. The zero-order valence-electron chi connectivity index (χ0n) is 15.3. The first-order valence-corrected chi connectivity index (χ1v) is 10.3. The van der Waals surface area contributed by atoms with Crippen LogP contribution in [0.2, 0.25) is 0 Å². The van der Waals surface area contributed by atoms with E-state index in [1.165, 1.54) is 11.3 Å². The maximum atomic E-state index is 12.4. The molecule has 0 aliphatic rings. The smallest absolute Gasteiger partial charge is 0.345 e. The first kappa shape index (κ1) is 19.1. The fraction of sp³-hybridized carbons (Fsp3) is 0.0455. The molecule has 2 aromatic carbocycles. The van der Waals surface area contributed by atoms with Crippen LogP contribution in [0.3, 0.4) is 0 Å². The van der Waals surface area contributed by atoms with E-state index < -0.39 is 5.63 Å². The molecule has 0 spiro atoms. The number of anilines is 1. The molecule has 7 heteroatoms. The van der Waals surface area contributed by atoms with Crippen molar-refractivity contribution >= 4 is 49.5 Å². The van der Waals surface area contributed by atoms with Gasteiger partial charge in [-0.3, -0.25) is 0 Å². The third-order valence-electron chi connectivity index (χ3n) is 4.34. The van der Waals surface area contributed by atoms with Crippen LogP contribution < -0.4 is 10.9 Å². The molecule has 0 aliphatic carbocycles. The van der Waals surface area contributed by atoms with Crippen molar-refractivity contribution in [2.75, 3.05) is 5.32 Å². The van der Waals surface area contributed by atoms with Crippen molar-refractivity contribution in [1.82, 2.24) is 4.98 Å². The standard InChI is InChI=1S/C22H14BrN3O2S/c1-13-4-2-3-5-18(13)25-11-15(10-24)21-26-19(12-29-21)17-9-14-8-16(23)6-7-20(14)28-22(17)27/h2-9,11-12,25H,1H3/b15-11-. The van der Waals surface area contributed by atoms with E-state index in [1.807, 2.05) is 43.3 Å². The lowest BCUT2D eigenvalue weighted by atomic mass is 10.1. The number of halogens is 1. The van der Waals surface area contributed by atoms with Crippen molar-refractivity contribution < 1.29 is 4.42 Å². The molecule has 0 fully saturated rings. The van der Waals surface area contributed by atoms with E-state index in [4.69, 9.17) is 4.42 Å². The number of thiazole rings is 1. The highest BCUT2D eigenvalue weighted by Crippen LogP contribution is 2.27. The number of para-hydroxylation sites is 1. The van der Waals surface area contributed by atoms with Gasteiger partial charge in [0.2, 0.25) is 0 Å². The van der Waals surface area contributed by atoms with Gasteiger partial charge < -0.3 is 9.73 Å². The fourth-order valence-corrected chi connectivity index (χ4v) is 3.98. The van der Waals surface area contributed by atoms with E-state index in [1.54, 1.807) is 23.7 Å². The average molecular weight is 464 g/mol. The third kappa shape index (κ3) is 3.99. The molecule has 5 nitrogen and oxygen atoms in total. The van der Waals surface area contributed by atoms with Gasteiger partial charge in [-0.1, -0.05) is 34.1 Å². The second kappa shape index (κ2) is 8.03. The summed E-state index contributed by atoms with van der Waals surface area (Å²) in [4.78, 5) is 16.9. The zero-order valence-corrected chi connectivity index (χ0v) is 17.7. The molecule has 0 amide bonds. The number of rotatable bonds is 4. The van der Waals surface area contributed by atoms with Crippen LogP contribution >= 0.6 is 27.3 Å². The largest absolute Gasteiger partial charge is 0.422 e. The molecule has 0 saturated carbocycles. The molecule has 0 saturated heterocycles. The van der Waals surface area contributed by atoms with Crippen LogP contribution in [0.4, 0.5) is 5.69 Å². The number of allylic oxidation sites excluding steroid dienone is 1. The maximum Gasteiger partial charge on any atom is 0.345 e. The van der Waals surface area contributed by atoms with Gasteiger partial charge >= 0.3 is 5.63 Å². The highest BCUT2D eigenvalue weighted by atomic mass is 79.9. The lowest BCUT2D eigenvalue weighted by Crippen LogP contribution is -2.03. The van der Waals surface area contributed by atoms with Gasteiger partial charge in [0.25, 0.3) is 0 Å². The van der Waals surface area contributed by atoms with Crippen molar-refractivity contribution in [1.29, 1.82) is 5.26 Å². The van der Waals surface area contributed by atoms with Gasteiger partial charge in [0.15, 0.2) is 0 Å². The number of fused-ring (bicyclic) bond motifs is 1. The topological polar surface area (TPSA) is 78.9 Å². The SMILES string of the molecule is Cc1ccccc1N/C=C(/C#N)c1nc(-c2cc3cc(Br)ccc3oc2=O)cs1. The van der Waals surface area contributed by atoms with E-state index in [0.29, 0.717) is 27.4 Å². The van der Waals surface area contributed by atoms with E-state index in [0.717, 1.165) is 21.1 Å². The molecular formula is C22H14BrN3O2S.